The Labute approximate surface area is 254 Å². The lowest BCUT2D eigenvalue weighted by Crippen LogP contribution is -2.49. The van der Waals surface area contributed by atoms with Crippen molar-refractivity contribution in [1.29, 1.82) is 0 Å². The summed E-state index contributed by atoms with van der Waals surface area (Å²) in [7, 11) is -0.533. The van der Waals surface area contributed by atoms with Crippen molar-refractivity contribution in [3.05, 3.63) is 64.7 Å². The maximum absolute atomic E-state index is 13.5. The number of rotatable bonds is 1. The van der Waals surface area contributed by atoms with Crippen molar-refractivity contribution < 1.29 is 22.7 Å². The van der Waals surface area contributed by atoms with Crippen molar-refractivity contribution in [3.8, 4) is 5.75 Å². The zero-order valence-electron chi connectivity index (χ0n) is 24.5. The molecule has 0 saturated heterocycles. The molecule has 4 aliphatic rings. The van der Waals surface area contributed by atoms with Gasteiger partial charge in [0.1, 0.15) is 5.75 Å². The maximum Gasteiger partial charge on any atom is 0.264 e. The molecule has 0 unspecified atom stereocenters. The van der Waals surface area contributed by atoms with Gasteiger partial charge in [-0.1, -0.05) is 29.8 Å². The first-order valence-electron chi connectivity index (χ1n) is 14.9. The summed E-state index contributed by atoms with van der Waals surface area (Å²) in [6, 6.07) is 10.5. The number of carbonyl (C=O) groups is 1. The SMILES string of the molecule is CO[C@@H]1/C=C/CN(C)[C@H](C)C(=O)NS(=O)(=O)c2ccc3c(c2)N(C[C@@H]2CC[C@H]21)C[C@@]1(CCCc2cc(Cl)ccc21)CO3. The molecule has 1 N–H and O–H groups in total. The van der Waals surface area contributed by atoms with E-state index in [9.17, 15) is 13.2 Å². The number of methoxy groups -OCH3 is 1. The van der Waals surface area contributed by atoms with Crippen LogP contribution >= 0.6 is 11.6 Å². The van der Waals surface area contributed by atoms with Gasteiger partial charge < -0.3 is 14.4 Å². The molecule has 1 fully saturated rings. The number of carbonyl (C=O) groups excluding carboxylic acids is 1. The highest BCUT2D eigenvalue weighted by Gasteiger charge is 2.44. The normalized spacial score (nSPS) is 32.0. The van der Waals surface area contributed by atoms with Gasteiger partial charge in [-0.2, -0.15) is 0 Å². The summed E-state index contributed by atoms with van der Waals surface area (Å²) in [4.78, 5) is 17.2. The van der Waals surface area contributed by atoms with Crippen LogP contribution in [0.1, 0.15) is 43.7 Å². The van der Waals surface area contributed by atoms with Gasteiger partial charge >= 0.3 is 0 Å². The molecule has 0 aromatic heterocycles. The number of hydrogen-bond donors (Lipinski definition) is 1. The van der Waals surface area contributed by atoms with E-state index in [1.807, 2.05) is 24.1 Å². The predicted molar refractivity (Wildman–Crippen MR) is 164 cm³/mol. The van der Waals surface area contributed by atoms with E-state index in [-0.39, 0.29) is 16.4 Å². The van der Waals surface area contributed by atoms with Crippen LogP contribution in [0.3, 0.4) is 0 Å². The van der Waals surface area contributed by atoms with E-state index in [1.54, 1.807) is 26.2 Å². The first kappa shape index (κ1) is 29.5. The standard InChI is InChI=1S/C32H40ClN3O5S/c1-21-31(37)34-42(38,39)25-10-13-30-28(17-25)36(18-23-8-11-26(23)29(40-3)7-5-15-35(21)2)19-32(20-41-30)14-4-6-22-16-24(33)9-12-27(22)32/h5,7,9-10,12-13,16-17,21,23,26,29H,4,6,8,11,14-15,18-20H2,1-3H3,(H,34,37)/b7-5+/t21-,23+,26-,29-,32+/m1/s1. The molecule has 1 saturated carbocycles. The van der Waals surface area contributed by atoms with Crippen molar-refractivity contribution in [2.45, 2.75) is 61.5 Å². The lowest BCUT2D eigenvalue weighted by molar-refractivity contribution is -0.123. The number of nitrogens with zero attached hydrogens (tertiary/aromatic N) is 2. The summed E-state index contributed by atoms with van der Waals surface area (Å²) < 4.78 is 41.8. The van der Waals surface area contributed by atoms with Gasteiger partial charge in [-0.3, -0.25) is 9.69 Å². The average molecular weight is 614 g/mol. The fourth-order valence-corrected chi connectivity index (χ4v) is 8.45. The first-order valence-corrected chi connectivity index (χ1v) is 16.7. The fourth-order valence-electron chi connectivity index (χ4n) is 7.19. The van der Waals surface area contributed by atoms with Gasteiger partial charge in [-0.05, 0) is 99.4 Å². The van der Waals surface area contributed by atoms with Crippen LogP contribution in [0.5, 0.6) is 5.75 Å². The zero-order valence-corrected chi connectivity index (χ0v) is 26.1. The van der Waals surface area contributed by atoms with Crippen molar-refractivity contribution in [2.75, 3.05) is 45.3 Å². The van der Waals surface area contributed by atoms with Gasteiger partial charge in [0.15, 0.2) is 0 Å². The molecule has 2 aliphatic heterocycles. The summed E-state index contributed by atoms with van der Waals surface area (Å²) in [5, 5.41) is 0.738. The molecule has 226 valence electrons. The molecule has 1 spiro atoms. The third kappa shape index (κ3) is 5.45. The minimum atomic E-state index is -4.10. The van der Waals surface area contributed by atoms with Crippen LogP contribution in [0.25, 0.3) is 0 Å². The number of nitrogens with one attached hydrogen (secondary N) is 1. The highest BCUT2D eigenvalue weighted by atomic mass is 35.5. The topological polar surface area (TPSA) is 88.2 Å². The van der Waals surface area contributed by atoms with E-state index in [0.717, 1.165) is 49.4 Å². The van der Waals surface area contributed by atoms with Crippen LogP contribution in [0, 0.1) is 11.8 Å². The largest absolute Gasteiger partial charge is 0.490 e. The van der Waals surface area contributed by atoms with Crippen molar-refractivity contribution in [3.63, 3.8) is 0 Å². The van der Waals surface area contributed by atoms with Crippen LogP contribution in [-0.4, -0.2) is 71.8 Å². The Balaban J connectivity index is 1.44. The highest BCUT2D eigenvalue weighted by molar-refractivity contribution is 7.90. The molecule has 2 aromatic rings. The summed E-state index contributed by atoms with van der Waals surface area (Å²) in [6.45, 7) is 4.16. The summed E-state index contributed by atoms with van der Waals surface area (Å²) >= 11 is 6.40. The summed E-state index contributed by atoms with van der Waals surface area (Å²) in [5.74, 6) is 0.810. The lowest BCUT2D eigenvalue weighted by Gasteiger charge is -2.46. The first-order chi connectivity index (χ1) is 20.1. The molecular weight excluding hydrogens is 574 g/mol. The van der Waals surface area contributed by atoms with Crippen LogP contribution in [0.4, 0.5) is 5.69 Å². The highest BCUT2D eigenvalue weighted by Crippen LogP contribution is 2.47. The molecule has 1 amide bonds. The third-order valence-electron chi connectivity index (χ3n) is 9.94. The molecule has 2 bridgehead atoms. The second-order valence-corrected chi connectivity index (χ2v) is 14.6. The average Bonchev–Trinajstić information content (AvgIpc) is 3.10. The molecule has 8 nitrogen and oxygen atoms in total. The van der Waals surface area contributed by atoms with Gasteiger partial charge in [-0.25, -0.2) is 13.1 Å². The number of halogens is 1. The Morgan fingerprint density at radius 1 is 1.17 bits per heavy atom. The number of likely N-dealkylation sites (N-methyl/N-ethyl adjacent to an activating group) is 1. The van der Waals surface area contributed by atoms with Crippen molar-refractivity contribution in [1.82, 2.24) is 9.62 Å². The van der Waals surface area contributed by atoms with Crippen LogP contribution in [-0.2, 0) is 31.4 Å². The van der Waals surface area contributed by atoms with Crippen molar-refractivity contribution in [2.24, 2.45) is 11.8 Å². The number of hydrogen-bond acceptors (Lipinski definition) is 7. The Morgan fingerprint density at radius 2 is 2.00 bits per heavy atom. The number of benzene rings is 2. The molecule has 2 aliphatic carbocycles. The Hall–Kier alpha value is -2.59. The van der Waals surface area contributed by atoms with E-state index in [0.29, 0.717) is 37.3 Å². The Morgan fingerprint density at radius 3 is 2.76 bits per heavy atom. The number of sulfonamides is 1. The van der Waals surface area contributed by atoms with Crippen molar-refractivity contribution >= 4 is 33.2 Å². The minimum absolute atomic E-state index is 0.0323. The molecule has 10 heteroatoms. The number of anilines is 1. The van der Waals surface area contributed by atoms with E-state index in [4.69, 9.17) is 21.1 Å². The zero-order chi connectivity index (χ0) is 29.6. The minimum Gasteiger partial charge on any atom is -0.490 e. The summed E-state index contributed by atoms with van der Waals surface area (Å²) in [5.41, 5.74) is 3.01. The number of fused-ring (bicyclic) bond motifs is 4. The van der Waals surface area contributed by atoms with Crippen LogP contribution in [0.15, 0.2) is 53.4 Å². The van der Waals surface area contributed by atoms with E-state index in [1.165, 1.54) is 17.2 Å². The predicted octanol–water partition coefficient (Wildman–Crippen LogP) is 4.55. The maximum atomic E-state index is 13.5. The molecule has 0 radical (unpaired) electrons. The molecule has 2 heterocycles. The van der Waals surface area contributed by atoms with Gasteiger partial charge in [0.25, 0.3) is 15.9 Å². The second kappa shape index (κ2) is 11.5. The Kier molecular flexibility index (Phi) is 8.06. The Bertz CT molecular complexity index is 1500. The second-order valence-electron chi connectivity index (χ2n) is 12.4. The van der Waals surface area contributed by atoms with Gasteiger partial charge in [0.05, 0.1) is 29.3 Å². The number of aryl methyl sites for hydroxylation is 1. The fraction of sp³-hybridized carbons (Fsp3) is 0.531. The van der Waals surface area contributed by atoms with E-state index < -0.39 is 22.0 Å². The third-order valence-corrected chi connectivity index (χ3v) is 11.5. The summed E-state index contributed by atoms with van der Waals surface area (Å²) in [6.07, 6.45) is 9.21. The smallest absolute Gasteiger partial charge is 0.264 e. The number of amides is 1. The molecular formula is C32H40ClN3O5S. The molecule has 5 atom stereocenters. The molecule has 2 aromatic carbocycles. The quantitative estimate of drug-likeness (QED) is 0.472. The molecule has 6 rings (SSSR count). The van der Waals surface area contributed by atoms with Gasteiger partial charge in [0.2, 0.25) is 0 Å². The number of ether oxygens (including phenoxy) is 2. The van der Waals surface area contributed by atoms with Crippen LogP contribution < -0.4 is 14.4 Å². The van der Waals surface area contributed by atoms with Crippen LogP contribution in [0.2, 0.25) is 5.02 Å². The van der Waals surface area contributed by atoms with E-state index >= 15 is 0 Å². The molecule has 42 heavy (non-hydrogen) atoms. The van der Waals surface area contributed by atoms with E-state index in [2.05, 4.69) is 27.8 Å². The van der Waals surface area contributed by atoms with Gasteiger partial charge in [-0.15, -0.1) is 0 Å². The monoisotopic (exact) mass is 613 g/mol. The lowest BCUT2D eigenvalue weighted by atomic mass is 9.68. The van der Waals surface area contributed by atoms with Gasteiger partial charge in [0, 0.05) is 37.2 Å².